The number of ether oxygens (including phenoxy) is 2. The van der Waals surface area contributed by atoms with Crippen LogP contribution < -0.4 is 10.1 Å². The molecule has 1 fully saturated rings. The van der Waals surface area contributed by atoms with Crippen molar-refractivity contribution >= 4 is 5.91 Å². The van der Waals surface area contributed by atoms with Crippen molar-refractivity contribution in [2.45, 2.75) is 52.2 Å². The molecule has 6 heteroatoms. The molecule has 1 aliphatic rings. The van der Waals surface area contributed by atoms with Crippen LogP contribution in [0.5, 0.6) is 11.5 Å². The van der Waals surface area contributed by atoms with E-state index in [0.29, 0.717) is 24.4 Å². The van der Waals surface area contributed by atoms with Gasteiger partial charge in [-0.2, -0.15) is 0 Å². The summed E-state index contributed by atoms with van der Waals surface area (Å²) >= 11 is 0. The predicted molar refractivity (Wildman–Crippen MR) is 132 cm³/mol. The number of aliphatic hydroxyl groups excluding tert-OH is 1. The molecular weight excluding hydrogens is 418 g/mol. The van der Waals surface area contributed by atoms with Crippen LogP contribution in [0.1, 0.15) is 66.8 Å². The van der Waals surface area contributed by atoms with Crippen molar-refractivity contribution in [3.05, 3.63) is 58.7 Å². The highest BCUT2D eigenvalue weighted by Gasteiger charge is 2.28. The lowest BCUT2D eigenvalue weighted by molar-refractivity contribution is -0.0604. The third-order valence-corrected chi connectivity index (χ3v) is 5.47. The summed E-state index contributed by atoms with van der Waals surface area (Å²) in [6.45, 7) is 6.69. The maximum atomic E-state index is 12.6. The molecule has 0 saturated carbocycles. The summed E-state index contributed by atoms with van der Waals surface area (Å²) in [5.41, 5.74) is 3.02. The summed E-state index contributed by atoms with van der Waals surface area (Å²) in [6.07, 6.45) is 10.6. The largest absolute Gasteiger partial charge is 0.507 e. The van der Waals surface area contributed by atoms with Crippen LogP contribution in [-0.4, -0.2) is 43.0 Å². The quantitative estimate of drug-likeness (QED) is 0.559. The minimum atomic E-state index is -0.264. The molecule has 2 aromatic rings. The molecule has 0 aromatic heterocycles. The van der Waals surface area contributed by atoms with Crippen LogP contribution in [-0.2, 0) is 11.2 Å². The van der Waals surface area contributed by atoms with Gasteiger partial charge >= 0.3 is 0 Å². The highest BCUT2D eigenvalue weighted by Crippen LogP contribution is 2.38. The van der Waals surface area contributed by atoms with Gasteiger partial charge in [-0.25, -0.2) is 0 Å². The summed E-state index contributed by atoms with van der Waals surface area (Å²) in [5.74, 6) is 1.11. The monoisotopic (exact) mass is 455 g/mol. The number of amides is 1. The van der Waals surface area contributed by atoms with Crippen LogP contribution in [0.15, 0.2) is 36.4 Å². The van der Waals surface area contributed by atoms with E-state index in [2.05, 4.69) is 32.0 Å². The fourth-order valence-corrected chi connectivity index (χ4v) is 4.07. The highest BCUT2D eigenvalue weighted by molar-refractivity contribution is 5.97. The van der Waals surface area contributed by atoms with Crippen molar-refractivity contribution in [1.29, 1.82) is 0 Å². The second kappa shape index (κ2) is 14.2. The Hall–Kier alpha value is -3.01. The summed E-state index contributed by atoms with van der Waals surface area (Å²) in [4.78, 5) is 12.6. The second-order valence-corrected chi connectivity index (χ2v) is 7.97. The third kappa shape index (κ3) is 7.81. The van der Waals surface area contributed by atoms with Crippen molar-refractivity contribution in [1.82, 2.24) is 5.32 Å². The van der Waals surface area contributed by atoms with Crippen LogP contribution in [0, 0.1) is 18.8 Å². The molecule has 1 saturated heterocycles. The Labute approximate surface area is 197 Å². The third-order valence-electron chi connectivity index (χ3n) is 5.47. The van der Waals surface area contributed by atoms with Gasteiger partial charge in [0, 0.05) is 20.1 Å². The lowest BCUT2D eigenvalue weighted by Gasteiger charge is -2.33. The molecule has 1 aliphatic heterocycles. The summed E-state index contributed by atoms with van der Waals surface area (Å²) in [7, 11) is 2.63. The molecule has 0 bridgehead atoms. The first-order valence-electron chi connectivity index (χ1n) is 11.1. The second-order valence-electron chi connectivity index (χ2n) is 7.97. The smallest absolute Gasteiger partial charge is 0.255 e. The average Bonchev–Trinajstić information content (AvgIpc) is 2.83. The Morgan fingerprint density at radius 2 is 1.79 bits per heavy atom. The lowest BCUT2D eigenvalue weighted by Crippen LogP contribution is -2.26. The molecule has 0 aliphatic carbocycles. The number of terminal acetylenes is 1. The number of hydrogen-bond donors (Lipinski definition) is 3. The number of benzene rings is 2. The summed E-state index contributed by atoms with van der Waals surface area (Å²) in [6, 6.07) is 11.5. The highest BCUT2D eigenvalue weighted by atomic mass is 16.5. The van der Waals surface area contributed by atoms with Gasteiger partial charge in [-0.3, -0.25) is 4.79 Å². The number of phenols is 1. The van der Waals surface area contributed by atoms with E-state index in [1.165, 1.54) is 0 Å². The zero-order chi connectivity index (χ0) is 25.0. The topological polar surface area (TPSA) is 88.0 Å². The predicted octanol–water partition coefficient (Wildman–Crippen LogP) is 4.48. The van der Waals surface area contributed by atoms with E-state index in [4.69, 9.17) is 14.6 Å². The number of phenolic OH excluding ortho intramolecular Hbond substituents is 1. The van der Waals surface area contributed by atoms with Crippen molar-refractivity contribution in [3.8, 4) is 24.3 Å². The first-order valence-corrected chi connectivity index (χ1v) is 11.1. The van der Waals surface area contributed by atoms with Gasteiger partial charge in [0.25, 0.3) is 5.91 Å². The molecule has 1 heterocycles. The fourth-order valence-electron chi connectivity index (χ4n) is 4.07. The molecule has 1 amide bonds. The number of rotatable bonds is 6. The van der Waals surface area contributed by atoms with Gasteiger partial charge in [-0.1, -0.05) is 19.1 Å². The number of aromatic hydroxyl groups is 1. The van der Waals surface area contributed by atoms with Crippen LogP contribution in [0.25, 0.3) is 0 Å². The molecule has 0 radical (unpaired) electrons. The number of aliphatic hydroxyl groups is 1. The maximum Gasteiger partial charge on any atom is 0.255 e. The molecule has 180 valence electrons. The number of methoxy groups -OCH3 is 1. The molecule has 33 heavy (non-hydrogen) atoms. The Morgan fingerprint density at radius 1 is 1.15 bits per heavy atom. The molecule has 0 unspecified atom stereocenters. The van der Waals surface area contributed by atoms with E-state index in [9.17, 15) is 9.90 Å². The van der Waals surface area contributed by atoms with Gasteiger partial charge in [0.05, 0.1) is 24.9 Å². The van der Waals surface area contributed by atoms with Gasteiger partial charge in [0.1, 0.15) is 11.5 Å². The maximum absolute atomic E-state index is 12.6. The van der Waals surface area contributed by atoms with Crippen LogP contribution in [0.2, 0.25) is 0 Å². The fraction of sp³-hybridized carbons (Fsp3) is 0.444. The summed E-state index contributed by atoms with van der Waals surface area (Å²) < 4.78 is 11.4. The first kappa shape index (κ1) is 28.0. The number of hydrogen-bond acceptors (Lipinski definition) is 5. The van der Waals surface area contributed by atoms with Gasteiger partial charge in [0.2, 0.25) is 0 Å². The van der Waals surface area contributed by atoms with Crippen LogP contribution in [0.3, 0.4) is 0 Å². The molecule has 3 atom stereocenters. The van der Waals surface area contributed by atoms with Gasteiger partial charge in [-0.05, 0) is 73.6 Å². The average molecular weight is 456 g/mol. The van der Waals surface area contributed by atoms with E-state index < -0.39 is 0 Å². The molecule has 3 rings (SSSR count). The Kier molecular flexibility index (Phi) is 12.1. The van der Waals surface area contributed by atoms with Crippen molar-refractivity contribution in [2.24, 2.45) is 5.92 Å². The number of nitrogens with one attached hydrogen (secondary N) is 1. The zero-order valence-corrected chi connectivity index (χ0v) is 20.3. The van der Waals surface area contributed by atoms with Crippen molar-refractivity contribution < 1.29 is 24.5 Å². The zero-order valence-electron chi connectivity index (χ0n) is 20.3. The van der Waals surface area contributed by atoms with Crippen LogP contribution in [0.4, 0.5) is 0 Å². The minimum Gasteiger partial charge on any atom is -0.507 e. The number of carbonyl (C=O) groups excluding carboxylic acids is 1. The SMILES string of the molecule is C#C.CCNC(=O)c1cc([C@H]2C[C@@H](C)C[C@@H](C)O2)cc(Cc2ccc(OC)cc2)c1O.CO. The van der Waals surface area contributed by atoms with Gasteiger partial charge in [0.15, 0.2) is 0 Å². The van der Waals surface area contributed by atoms with Crippen LogP contribution >= 0.6 is 0 Å². The van der Waals surface area contributed by atoms with Crippen molar-refractivity contribution in [2.75, 3.05) is 20.8 Å². The van der Waals surface area contributed by atoms with Gasteiger partial charge < -0.3 is 25.0 Å². The Morgan fingerprint density at radius 3 is 2.33 bits per heavy atom. The van der Waals surface area contributed by atoms with Crippen molar-refractivity contribution in [3.63, 3.8) is 0 Å². The standard InChI is InChI=1S/C24H31NO4.C2H2.CH4O/c1-5-25-24(27)21-14-18(22-11-15(2)10-16(3)29-22)13-19(23(21)26)12-17-6-8-20(28-4)9-7-17;2*1-2/h6-9,13-16,22,26H,5,10-12H2,1-4H3,(H,25,27);1-2H;2H,1H3/t15-,16+,22+;;/m0../s1. The molecular formula is C27H37NO5. The van der Waals surface area contributed by atoms with E-state index in [1.54, 1.807) is 13.2 Å². The molecule has 2 aromatic carbocycles. The van der Waals surface area contributed by atoms with E-state index in [0.717, 1.165) is 42.4 Å². The minimum absolute atomic E-state index is 0.0347. The Bertz CT molecular complexity index is 881. The molecule has 3 N–H and O–H groups in total. The normalized spacial score (nSPS) is 19.2. The first-order chi connectivity index (χ1) is 15.9. The Balaban J connectivity index is 0.00000129. The lowest BCUT2D eigenvalue weighted by atomic mass is 9.88. The van der Waals surface area contributed by atoms with E-state index >= 15 is 0 Å². The molecule has 6 nitrogen and oxygen atoms in total. The van der Waals surface area contributed by atoms with E-state index in [-0.39, 0.29) is 23.9 Å². The summed E-state index contributed by atoms with van der Waals surface area (Å²) in [5, 5.41) is 20.6. The van der Waals surface area contributed by atoms with E-state index in [1.807, 2.05) is 37.3 Å². The van der Waals surface area contributed by atoms with Gasteiger partial charge in [-0.15, -0.1) is 12.8 Å². The number of carbonyl (C=O) groups is 1. The molecule has 0 spiro atoms.